The zero-order chi connectivity index (χ0) is 12.3. The Balaban J connectivity index is -0.000000207. The van der Waals surface area contributed by atoms with Crippen LogP contribution >= 0.6 is 11.6 Å². The van der Waals surface area contributed by atoms with Crippen LogP contribution in [0, 0.1) is 10.8 Å². The first kappa shape index (κ1) is 23.9. The maximum absolute atomic E-state index is 8.54. The number of ether oxygens (including phenoxy) is 1. The van der Waals surface area contributed by atoms with E-state index in [1.165, 1.54) is 0 Å². The monoisotopic (exact) mass is 292 g/mol. The maximum atomic E-state index is 8.54. The molecule has 2 atom stereocenters. The molecule has 1 fully saturated rings. The number of alkyl halides is 1. The van der Waals surface area contributed by atoms with Crippen molar-refractivity contribution in [3.8, 4) is 0 Å². The molecule has 1 aliphatic rings. The number of hydrogen-bond acceptors (Lipinski definition) is 3. The van der Waals surface area contributed by atoms with Crippen LogP contribution in [0.1, 0.15) is 41.5 Å². The van der Waals surface area contributed by atoms with Crippen molar-refractivity contribution in [1.29, 1.82) is 0 Å². The SMILES string of the molecule is CC(C)(C)[C@@H]1CO1.CC(C)(C)[C@H](Cl)CO.[K+].[OH-]. The second-order valence-electron chi connectivity index (χ2n) is 6.20. The third-order valence-corrected chi connectivity index (χ3v) is 3.19. The molecular weight excluding hydrogens is 267 g/mol. The van der Waals surface area contributed by atoms with Crippen LogP contribution in [0.2, 0.25) is 0 Å². The standard InChI is InChI=1S/C6H13ClO.C6H12O.K.H2O/c1-6(2,3)5(7)4-8;1-6(2,3)5-4-7-5;;/h5,8H,4H2,1-3H3;5H,4H2,1-3H3;;1H2/q;;+1;/p-1/t2*5-;;/m10../s1. The van der Waals surface area contributed by atoms with E-state index < -0.39 is 0 Å². The molecule has 5 heteroatoms. The van der Waals surface area contributed by atoms with Crippen molar-refractivity contribution in [2.24, 2.45) is 10.8 Å². The van der Waals surface area contributed by atoms with Crippen LogP contribution in [0.3, 0.4) is 0 Å². The normalized spacial score (nSPS) is 20.1. The van der Waals surface area contributed by atoms with Gasteiger partial charge in [0, 0.05) is 0 Å². The van der Waals surface area contributed by atoms with E-state index in [-0.39, 0.29) is 74.3 Å². The summed E-state index contributed by atoms with van der Waals surface area (Å²) in [5.41, 5.74) is 0.413. The van der Waals surface area contributed by atoms with E-state index in [9.17, 15) is 0 Å². The maximum Gasteiger partial charge on any atom is 1.00 e. The molecule has 0 aromatic heterocycles. The number of hydrogen-bond donors (Lipinski definition) is 1. The van der Waals surface area contributed by atoms with Crippen molar-refractivity contribution in [2.45, 2.75) is 53.0 Å². The first-order valence-corrected chi connectivity index (χ1v) is 5.89. The van der Waals surface area contributed by atoms with E-state index in [0.29, 0.717) is 11.5 Å². The third kappa shape index (κ3) is 12.6. The van der Waals surface area contributed by atoms with E-state index in [2.05, 4.69) is 20.8 Å². The van der Waals surface area contributed by atoms with Gasteiger partial charge < -0.3 is 15.3 Å². The van der Waals surface area contributed by atoms with Gasteiger partial charge in [-0.2, -0.15) is 0 Å². The molecule has 0 bridgehead atoms. The smallest absolute Gasteiger partial charge is 0.870 e. The molecule has 0 aromatic rings. The first-order chi connectivity index (χ1) is 6.59. The molecule has 1 aliphatic heterocycles. The van der Waals surface area contributed by atoms with Gasteiger partial charge in [0.15, 0.2) is 0 Å². The second kappa shape index (κ2) is 9.67. The molecular formula is C12H26ClKO3. The third-order valence-electron chi connectivity index (χ3n) is 2.40. The molecule has 0 amide bonds. The van der Waals surface area contributed by atoms with Gasteiger partial charge in [0.1, 0.15) is 0 Å². The molecule has 1 rings (SSSR count). The number of aliphatic hydroxyl groups excluding tert-OH is 1. The average molecular weight is 293 g/mol. The van der Waals surface area contributed by atoms with Gasteiger partial charge in [-0.3, -0.25) is 0 Å². The number of epoxide rings is 1. The molecule has 0 spiro atoms. The van der Waals surface area contributed by atoms with Crippen LogP contribution in [-0.4, -0.2) is 35.3 Å². The molecule has 0 radical (unpaired) electrons. The van der Waals surface area contributed by atoms with Crippen LogP contribution in [0.25, 0.3) is 0 Å². The van der Waals surface area contributed by atoms with Gasteiger partial charge in [-0.25, -0.2) is 0 Å². The van der Waals surface area contributed by atoms with Gasteiger partial charge >= 0.3 is 51.4 Å². The Morgan fingerprint density at radius 1 is 1.24 bits per heavy atom. The molecule has 17 heavy (non-hydrogen) atoms. The minimum Gasteiger partial charge on any atom is -0.870 e. The fraction of sp³-hybridized carbons (Fsp3) is 1.00. The minimum absolute atomic E-state index is 0. The fourth-order valence-corrected chi connectivity index (χ4v) is 0.822. The van der Waals surface area contributed by atoms with Gasteiger partial charge in [-0.15, -0.1) is 11.6 Å². The van der Waals surface area contributed by atoms with Crippen molar-refractivity contribution in [3.05, 3.63) is 0 Å². The van der Waals surface area contributed by atoms with E-state index in [1.807, 2.05) is 20.8 Å². The van der Waals surface area contributed by atoms with Gasteiger partial charge in [-0.05, 0) is 10.8 Å². The van der Waals surface area contributed by atoms with Crippen LogP contribution in [0.15, 0.2) is 0 Å². The fourth-order valence-electron chi connectivity index (χ4n) is 0.822. The molecule has 1 heterocycles. The molecule has 3 nitrogen and oxygen atoms in total. The minimum atomic E-state index is -0.123. The predicted molar refractivity (Wildman–Crippen MR) is 67.3 cm³/mol. The molecule has 100 valence electrons. The summed E-state index contributed by atoms with van der Waals surface area (Å²) >= 11 is 5.69. The summed E-state index contributed by atoms with van der Waals surface area (Å²) in [4.78, 5) is 0. The Morgan fingerprint density at radius 2 is 1.59 bits per heavy atom. The number of aliphatic hydroxyl groups is 1. The van der Waals surface area contributed by atoms with E-state index in [1.54, 1.807) is 0 Å². The summed E-state index contributed by atoms with van der Waals surface area (Å²) in [5, 5.41) is 8.42. The van der Waals surface area contributed by atoms with Crippen molar-refractivity contribution in [1.82, 2.24) is 0 Å². The predicted octanol–water partition coefficient (Wildman–Crippen LogP) is -0.109. The van der Waals surface area contributed by atoms with E-state index in [4.69, 9.17) is 21.4 Å². The largest absolute Gasteiger partial charge is 1.00 e. The molecule has 0 aliphatic carbocycles. The van der Waals surface area contributed by atoms with Gasteiger partial charge in [-0.1, -0.05) is 41.5 Å². The van der Waals surface area contributed by atoms with Crippen molar-refractivity contribution >= 4 is 11.6 Å². The topological polar surface area (TPSA) is 62.8 Å². The summed E-state index contributed by atoms with van der Waals surface area (Å²) in [7, 11) is 0. The van der Waals surface area contributed by atoms with Crippen molar-refractivity contribution < 1.29 is 66.7 Å². The van der Waals surface area contributed by atoms with E-state index >= 15 is 0 Å². The molecule has 0 aromatic carbocycles. The Hall–Kier alpha value is 1.81. The summed E-state index contributed by atoms with van der Waals surface area (Å²) in [6.07, 6.45) is 0.549. The van der Waals surface area contributed by atoms with Gasteiger partial charge in [0.25, 0.3) is 0 Å². The summed E-state index contributed by atoms with van der Waals surface area (Å²) in [6.45, 7) is 13.6. The Bertz CT molecular complexity index is 183. The van der Waals surface area contributed by atoms with Gasteiger partial charge in [0.2, 0.25) is 0 Å². The summed E-state index contributed by atoms with van der Waals surface area (Å²) in [5.74, 6) is 0. The summed E-state index contributed by atoms with van der Waals surface area (Å²) in [6, 6.07) is 0. The second-order valence-corrected chi connectivity index (χ2v) is 6.73. The van der Waals surface area contributed by atoms with Crippen molar-refractivity contribution in [2.75, 3.05) is 13.2 Å². The van der Waals surface area contributed by atoms with Gasteiger partial charge in [0.05, 0.1) is 24.7 Å². The van der Waals surface area contributed by atoms with Crippen LogP contribution < -0.4 is 51.4 Å². The number of halogens is 1. The van der Waals surface area contributed by atoms with E-state index in [0.717, 1.165) is 6.61 Å². The molecule has 0 saturated carbocycles. The van der Waals surface area contributed by atoms with Crippen molar-refractivity contribution in [3.63, 3.8) is 0 Å². The number of rotatable bonds is 1. The average Bonchev–Trinajstić information content (AvgIpc) is 2.82. The zero-order valence-electron chi connectivity index (χ0n) is 12.2. The summed E-state index contributed by atoms with van der Waals surface area (Å²) < 4.78 is 5.07. The molecule has 1 saturated heterocycles. The Morgan fingerprint density at radius 3 is 1.59 bits per heavy atom. The zero-order valence-corrected chi connectivity index (χ0v) is 16.1. The quantitative estimate of drug-likeness (QED) is 0.417. The van der Waals surface area contributed by atoms with Crippen LogP contribution in [-0.2, 0) is 4.74 Å². The molecule has 0 unspecified atom stereocenters. The Labute approximate surface area is 153 Å². The molecule has 2 N–H and O–H groups in total. The Kier molecular flexibility index (Phi) is 13.6. The first-order valence-electron chi connectivity index (χ1n) is 5.45. The van der Waals surface area contributed by atoms with Crippen LogP contribution in [0.5, 0.6) is 0 Å². The van der Waals surface area contributed by atoms with Crippen LogP contribution in [0.4, 0.5) is 0 Å².